The molecule has 1 fully saturated rings. The molecule has 33 heavy (non-hydrogen) atoms. The summed E-state index contributed by atoms with van der Waals surface area (Å²) in [5.74, 6) is 0. The van der Waals surface area contributed by atoms with Crippen molar-refractivity contribution in [3.8, 4) is 6.07 Å². The van der Waals surface area contributed by atoms with Gasteiger partial charge >= 0.3 is 22.6 Å². The monoisotopic (exact) mass is 560 g/mol. The van der Waals surface area contributed by atoms with Crippen molar-refractivity contribution < 1.29 is 43.2 Å². The topological polar surface area (TPSA) is 116 Å². The molecule has 0 saturated carbocycles. The standard InChI is InChI=1S/C14H32N4.C2H3N.CHF3O3S.CNS.Fe/c1-15-7-5-8-17(3)13-14-18(4)10-6-9-16(2)12-11-15;1-2-3;2-1(3,4)8(5,6)7;2-1-3;/h5-14H2,1-4H3;1H3;(H,5,6,7);;/q;;;-1;+6/p-1. The van der Waals surface area contributed by atoms with Gasteiger partial charge in [0.1, 0.15) is 0 Å². The molecule has 192 valence electrons. The van der Waals surface area contributed by atoms with Crippen LogP contribution in [0, 0.1) is 11.3 Å². The van der Waals surface area contributed by atoms with Crippen LogP contribution in [0.3, 0.4) is 0 Å². The second-order valence-electron chi connectivity index (χ2n) is 7.13. The molecular formula is C18H35F3FeN6O3S2+4. The molecule has 1 rings (SSSR count). The van der Waals surface area contributed by atoms with Crippen molar-refractivity contribution in [2.75, 3.05) is 80.5 Å². The third-order valence-corrected chi connectivity index (χ3v) is 4.74. The summed E-state index contributed by atoms with van der Waals surface area (Å²) in [6.07, 6.45) is 2.56. The fraction of sp³-hybridized carbons (Fsp3) is 0.889. The van der Waals surface area contributed by atoms with E-state index in [9.17, 15) is 13.2 Å². The van der Waals surface area contributed by atoms with Gasteiger partial charge in [-0.25, -0.2) is 8.42 Å². The van der Waals surface area contributed by atoms with E-state index in [2.05, 4.69) is 60.0 Å². The van der Waals surface area contributed by atoms with Crippen molar-refractivity contribution in [2.45, 2.75) is 25.3 Å². The molecule has 1 aliphatic heterocycles. The first-order valence-electron chi connectivity index (χ1n) is 9.74. The van der Waals surface area contributed by atoms with Crippen LogP contribution < -0.4 is 0 Å². The summed E-state index contributed by atoms with van der Waals surface area (Å²) in [5, 5.41) is 15.8. The number of alkyl halides is 3. The van der Waals surface area contributed by atoms with Crippen molar-refractivity contribution in [3.63, 3.8) is 0 Å². The Morgan fingerprint density at radius 1 is 0.848 bits per heavy atom. The average Bonchev–Trinajstić information content (AvgIpc) is 2.64. The van der Waals surface area contributed by atoms with E-state index in [-0.39, 0.29) is 17.1 Å². The molecule has 0 aliphatic carbocycles. The average molecular weight is 560 g/mol. The van der Waals surface area contributed by atoms with Crippen LogP contribution in [0.5, 0.6) is 0 Å². The number of hydrogen-bond donors (Lipinski definition) is 0. The van der Waals surface area contributed by atoms with E-state index in [4.69, 9.17) is 23.6 Å². The van der Waals surface area contributed by atoms with E-state index in [0.717, 1.165) is 0 Å². The van der Waals surface area contributed by atoms with Gasteiger partial charge < -0.3 is 29.6 Å². The number of rotatable bonds is 0. The third-order valence-electron chi connectivity index (χ3n) is 4.17. The van der Waals surface area contributed by atoms with Gasteiger partial charge in [0, 0.05) is 33.1 Å². The van der Waals surface area contributed by atoms with E-state index in [0.29, 0.717) is 0 Å². The zero-order valence-electron chi connectivity index (χ0n) is 19.8. The fourth-order valence-corrected chi connectivity index (χ4v) is 2.35. The minimum atomic E-state index is -6.09. The van der Waals surface area contributed by atoms with Gasteiger partial charge in [-0.1, -0.05) is 12.2 Å². The van der Waals surface area contributed by atoms with Gasteiger partial charge in [0.15, 0.2) is 10.1 Å². The molecule has 0 aromatic carbocycles. The maximum atomic E-state index is 10.7. The summed E-state index contributed by atoms with van der Waals surface area (Å²) >= 11 is 3.70. The first kappa shape index (κ1) is 39.6. The van der Waals surface area contributed by atoms with Crippen molar-refractivity contribution in [1.82, 2.24) is 19.6 Å². The maximum absolute atomic E-state index is 10.7. The Kier molecular flexibility index (Phi) is 27.7. The number of thiocarbonyl (C=S) groups is 1. The summed E-state index contributed by atoms with van der Waals surface area (Å²) in [4.78, 5) is 9.84. The number of halogens is 3. The number of likely N-dealkylation sites (N-methyl/N-ethyl adjacent to an activating group) is 4. The summed E-state index contributed by atoms with van der Waals surface area (Å²) in [5.41, 5.74) is -5.65. The van der Waals surface area contributed by atoms with E-state index in [1.807, 2.05) is 0 Å². The summed E-state index contributed by atoms with van der Waals surface area (Å²) in [6, 6.07) is 1.75. The molecule has 0 unspecified atom stereocenters. The second kappa shape index (κ2) is 23.1. The van der Waals surface area contributed by atoms with Gasteiger partial charge in [-0.05, 0) is 67.2 Å². The minimum Gasteiger partial charge on any atom is -0.753 e. The van der Waals surface area contributed by atoms with Crippen molar-refractivity contribution in [3.05, 3.63) is 5.41 Å². The maximum Gasteiger partial charge on any atom is 6.00 e. The van der Waals surface area contributed by atoms with Crippen LogP contribution in [0.4, 0.5) is 13.2 Å². The van der Waals surface area contributed by atoms with Crippen LogP contribution >= 0.6 is 12.2 Å². The van der Waals surface area contributed by atoms with Gasteiger partial charge in [-0.2, -0.15) is 23.6 Å². The van der Waals surface area contributed by atoms with Crippen LogP contribution in [-0.4, -0.2) is 124 Å². The first-order valence-corrected chi connectivity index (χ1v) is 11.6. The molecule has 1 heterocycles. The van der Waals surface area contributed by atoms with Crippen LogP contribution in [0.25, 0.3) is 5.41 Å². The molecular weight excluding hydrogens is 525 g/mol. The molecule has 0 atom stereocenters. The number of hydrogen-bond acceptors (Lipinski definition) is 9. The Balaban J connectivity index is -0.000000234. The Morgan fingerprint density at radius 2 is 1.00 bits per heavy atom. The molecule has 0 amide bonds. The van der Waals surface area contributed by atoms with Crippen LogP contribution in [0.1, 0.15) is 19.8 Å². The largest absolute Gasteiger partial charge is 6.00 e. The van der Waals surface area contributed by atoms with Crippen molar-refractivity contribution >= 4 is 27.5 Å². The van der Waals surface area contributed by atoms with Crippen LogP contribution in [-0.2, 0) is 27.2 Å². The normalized spacial score (nSPS) is 18.1. The quantitative estimate of drug-likeness (QED) is 0.144. The Morgan fingerprint density at radius 3 is 1.12 bits per heavy atom. The van der Waals surface area contributed by atoms with Gasteiger partial charge in [-0.15, -0.1) is 0 Å². The Bertz CT molecular complexity index is 603. The number of nitriles is 1. The molecule has 0 aromatic heterocycles. The molecule has 0 radical (unpaired) electrons. The minimum absolute atomic E-state index is 0. The zero-order chi connectivity index (χ0) is 25.8. The third kappa shape index (κ3) is 29.3. The molecule has 0 N–H and O–H groups in total. The summed E-state index contributed by atoms with van der Waals surface area (Å²) in [7, 11) is 2.88. The summed E-state index contributed by atoms with van der Waals surface area (Å²) < 4.78 is 58.9. The molecule has 1 aliphatic rings. The molecule has 15 heteroatoms. The molecule has 0 spiro atoms. The van der Waals surface area contributed by atoms with E-state index in [1.54, 1.807) is 6.07 Å². The SMILES string of the molecule is CC#N.CN1CCCN(C)CCN(C)CCCN(C)CC1.O=S(=O)([O-])C(F)(F)F.[Fe+6].[N-]=C=S. The van der Waals surface area contributed by atoms with Crippen LogP contribution in [0.15, 0.2) is 0 Å². The Hall–Kier alpha value is -0.651. The predicted octanol–water partition coefficient (Wildman–Crippen LogP) is 1.74. The van der Waals surface area contributed by atoms with Crippen LogP contribution in [0.2, 0.25) is 0 Å². The molecule has 0 aromatic rings. The van der Waals surface area contributed by atoms with Gasteiger partial charge in [0.05, 0.1) is 6.07 Å². The molecule has 1 saturated heterocycles. The van der Waals surface area contributed by atoms with Gasteiger partial charge in [0.25, 0.3) is 0 Å². The van der Waals surface area contributed by atoms with E-state index < -0.39 is 15.6 Å². The predicted molar refractivity (Wildman–Crippen MR) is 122 cm³/mol. The molecule has 9 nitrogen and oxygen atoms in total. The zero-order valence-corrected chi connectivity index (χ0v) is 22.5. The second-order valence-corrected chi connectivity index (χ2v) is 8.69. The molecule has 0 bridgehead atoms. The van der Waals surface area contributed by atoms with Gasteiger partial charge in [-0.3, -0.25) is 0 Å². The summed E-state index contributed by atoms with van der Waals surface area (Å²) in [6.45, 7) is 11.1. The number of isothiocyanates is 1. The Labute approximate surface area is 212 Å². The van der Waals surface area contributed by atoms with E-state index in [1.165, 1.54) is 77.3 Å². The van der Waals surface area contributed by atoms with E-state index >= 15 is 0 Å². The van der Waals surface area contributed by atoms with Gasteiger partial charge in [0.2, 0.25) is 0 Å². The van der Waals surface area contributed by atoms with Crippen molar-refractivity contribution in [1.29, 1.82) is 5.26 Å². The number of nitrogens with zero attached hydrogens (tertiary/aromatic N) is 6. The fourth-order valence-electron chi connectivity index (χ4n) is 2.35. The smallest absolute Gasteiger partial charge is 0.753 e. The first-order chi connectivity index (χ1) is 14.7. The van der Waals surface area contributed by atoms with Crippen molar-refractivity contribution in [2.24, 2.45) is 0 Å².